The number of hydrogen-bond donors (Lipinski definition) is 0. The van der Waals surface area contributed by atoms with Crippen LogP contribution in [0.3, 0.4) is 0 Å². The van der Waals surface area contributed by atoms with Gasteiger partial charge in [0.1, 0.15) is 0 Å². The van der Waals surface area contributed by atoms with E-state index in [1.54, 1.807) is 0 Å². The highest BCUT2D eigenvalue weighted by molar-refractivity contribution is 6.15. The molecule has 112 valence electrons. The van der Waals surface area contributed by atoms with E-state index in [0.717, 1.165) is 17.7 Å². The van der Waals surface area contributed by atoms with Crippen molar-refractivity contribution in [3.8, 4) is 0 Å². The number of carbonyl (C=O) groups excluding carboxylic acids is 1. The Morgan fingerprint density at radius 2 is 1.52 bits per heavy atom. The monoisotopic (exact) mass is 303 g/mol. The first-order valence-electron chi connectivity index (χ1n) is 7.13. The first-order chi connectivity index (χ1) is 10.3. The van der Waals surface area contributed by atoms with Crippen LogP contribution in [0.5, 0.6) is 0 Å². The highest BCUT2D eigenvalue weighted by Crippen LogP contribution is 2.23. The zero-order chi connectivity index (χ0) is 15.7. The fourth-order valence-electron chi connectivity index (χ4n) is 2.25. The lowest BCUT2D eigenvalue weighted by Gasteiger charge is -2.15. The Hall–Kier alpha value is -1.80. The number of carbonyl (C=O) groups is 1. The number of fused-ring (bicyclic) bond motifs is 1. The van der Waals surface area contributed by atoms with Gasteiger partial charge < -0.3 is 4.90 Å². The van der Waals surface area contributed by atoms with Gasteiger partial charge in [-0.15, -0.1) is 11.6 Å². The van der Waals surface area contributed by atoms with Crippen LogP contribution in [-0.2, 0) is 13.1 Å². The van der Waals surface area contributed by atoms with E-state index in [2.05, 4.69) is 23.7 Å². The molecule has 1 aliphatic heterocycles. The number of halogens is 1. The quantitative estimate of drug-likeness (QED) is 0.735. The molecule has 0 atom stereocenters. The summed E-state index contributed by atoms with van der Waals surface area (Å²) in [5, 5.41) is 0. The lowest BCUT2D eigenvalue weighted by atomic mass is 10.1. The zero-order valence-corrected chi connectivity index (χ0v) is 13.6. The Morgan fingerprint density at radius 1 is 0.952 bits per heavy atom. The molecule has 1 amide bonds. The second-order valence-electron chi connectivity index (χ2n) is 4.30. The molecule has 0 spiro atoms. The molecule has 0 aromatic heterocycles. The minimum absolute atomic E-state index is 0.143. The third-order valence-electron chi connectivity index (χ3n) is 3.11. The van der Waals surface area contributed by atoms with E-state index in [1.165, 1.54) is 11.9 Å². The van der Waals surface area contributed by atoms with E-state index in [4.69, 9.17) is 0 Å². The molecule has 0 N–H and O–H groups in total. The summed E-state index contributed by atoms with van der Waals surface area (Å²) in [6, 6.07) is 17.9. The van der Waals surface area contributed by atoms with Crippen molar-refractivity contribution in [2.75, 3.05) is 6.38 Å². The van der Waals surface area contributed by atoms with Crippen molar-refractivity contribution in [1.29, 1.82) is 0 Å². The molecular weight excluding hydrogens is 282 g/mol. The van der Waals surface area contributed by atoms with Gasteiger partial charge in [0.15, 0.2) is 0 Å². The third-order valence-corrected chi connectivity index (χ3v) is 3.11. The summed E-state index contributed by atoms with van der Waals surface area (Å²) < 4.78 is 0. The Labute approximate surface area is 132 Å². The van der Waals surface area contributed by atoms with E-state index in [9.17, 15) is 4.79 Å². The van der Waals surface area contributed by atoms with Crippen molar-refractivity contribution in [1.82, 2.24) is 4.90 Å². The highest BCUT2D eigenvalue weighted by Gasteiger charge is 2.26. The molecule has 1 aliphatic rings. The van der Waals surface area contributed by atoms with Crippen LogP contribution in [0.4, 0.5) is 0 Å². The van der Waals surface area contributed by atoms with E-state index in [-0.39, 0.29) is 5.91 Å². The normalized spacial score (nSPS) is 11.8. The van der Waals surface area contributed by atoms with E-state index in [1.807, 2.05) is 61.2 Å². The average molecular weight is 304 g/mol. The van der Waals surface area contributed by atoms with Gasteiger partial charge in [0.05, 0.1) is 0 Å². The molecule has 2 aromatic rings. The standard InChI is InChI=1S/C15H13NO.C2H6.CH3Cl/c17-15-14-9-5-4-8-13(14)11-16(15)10-12-6-2-1-3-7-12;2*1-2/h1-9H,10-11H2;1-2H3;1H3. The molecule has 2 aromatic carbocycles. The number of alkyl halides is 1. The van der Waals surface area contributed by atoms with Gasteiger partial charge in [-0.1, -0.05) is 62.4 Å². The fraction of sp³-hybridized carbons (Fsp3) is 0.278. The summed E-state index contributed by atoms with van der Waals surface area (Å²) in [5.41, 5.74) is 3.16. The maximum absolute atomic E-state index is 12.1. The second-order valence-corrected chi connectivity index (χ2v) is 4.30. The van der Waals surface area contributed by atoms with Crippen LogP contribution in [0.1, 0.15) is 35.3 Å². The van der Waals surface area contributed by atoms with Gasteiger partial charge >= 0.3 is 0 Å². The Balaban J connectivity index is 0.000000510. The lowest BCUT2D eigenvalue weighted by Crippen LogP contribution is -2.23. The smallest absolute Gasteiger partial charge is 0.254 e. The molecule has 3 heteroatoms. The maximum atomic E-state index is 12.1. The summed E-state index contributed by atoms with van der Waals surface area (Å²) >= 11 is 4.64. The number of hydrogen-bond acceptors (Lipinski definition) is 1. The number of benzene rings is 2. The van der Waals surface area contributed by atoms with E-state index >= 15 is 0 Å². The molecule has 3 rings (SSSR count). The van der Waals surface area contributed by atoms with Gasteiger partial charge in [0.25, 0.3) is 5.91 Å². The van der Waals surface area contributed by atoms with E-state index in [0.29, 0.717) is 6.54 Å². The molecule has 0 aliphatic carbocycles. The first kappa shape index (κ1) is 17.3. The van der Waals surface area contributed by atoms with Crippen LogP contribution in [0, 0.1) is 0 Å². The largest absolute Gasteiger partial charge is 0.330 e. The zero-order valence-electron chi connectivity index (χ0n) is 12.8. The van der Waals surface area contributed by atoms with E-state index < -0.39 is 0 Å². The van der Waals surface area contributed by atoms with Crippen LogP contribution < -0.4 is 0 Å². The summed E-state index contributed by atoms with van der Waals surface area (Å²) in [4.78, 5) is 14.0. The van der Waals surface area contributed by atoms with Gasteiger partial charge in [-0.05, 0) is 17.2 Å². The van der Waals surface area contributed by atoms with Crippen LogP contribution in [0.15, 0.2) is 54.6 Å². The number of rotatable bonds is 2. The summed E-state index contributed by atoms with van der Waals surface area (Å²) in [5.74, 6) is 0.143. The molecule has 0 bridgehead atoms. The number of amides is 1. The molecule has 0 radical (unpaired) electrons. The minimum atomic E-state index is 0.143. The van der Waals surface area contributed by atoms with Crippen LogP contribution >= 0.6 is 11.6 Å². The van der Waals surface area contributed by atoms with Gasteiger partial charge in [0.2, 0.25) is 0 Å². The molecular formula is C18H22ClNO. The van der Waals surface area contributed by atoms with Crippen LogP contribution in [-0.4, -0.2) is 17.2 Å². The predicted octanol–water partition coefficient (Wildman–Crippen LogP) is 4.72. The van der Waals surface area contributed by atoms with Crippen LogP contribution in [0.25, 0.3) is 0 Å². The van der Waals surface area contributed by atoms with Crippen molar-refractivity contribution in [3.05, 3.63) is 71.3 Å². The van der Waals surface area contributed by atoms with Gasteiger partial charge in [-0.2, -0.15) is 0 Å². The highest BCUT2D eigenvalue weighted by atomic mass is 35.5. The molecule has 0 saturated carbocycles. The number of nitrogens with zero attached hydrogens (tertiary/aromatic N) is 1. The SMILES string of the molecule is CC.CCl.O=C1c2ccccc2CN1Cc1ccccc1. The molecule has 0 unspecified atom stereocenters. The minimum Gasteiger partial charge on any atom is -0.330 e. The van der Waals surface area contributed by atoms with Crippen molar-refractivity contribution in [2.45, 2.75) is 26.9 Å². The summed E-state index contributed by atoms with van der Waals surface area (Å²) in [6.07, 6.45) is 1.47. The Morgan fingerprint density at radius 3 is 2.14 bits per heavy atom. The van der Waals surface area contributed by atoms with Crippen LogP contribution in [0.2, 0.25) is 0 Å². The maximum Gasteiger partial charge on any atom is 0.254 e. The van der Waals surface area contributed by atoms with Crippen molar-refractivity contribution in [2.24, 2.45) is 0 Å². The van der Waals surface area contributed by atoms with Gasteiger partial charge in [-0.3, -0.25) is 4.79 Å². The van der Waals surface area contributed by atoms with Crippen molar-refractivity contribution >= 4 is 17.5 Å². The predicted molar refractivity (Wildman–Crippen MR) is 89.6 cm³/mol. The Bertz CT molecular complexity index is 554. The van der Waals surface area contributed by atoms with Gasteiger partial charge in [-0.25, -0.2) is 0 Å². The average Bonchev–Trinajstić information content (AvgIpc) is 2.89. The van der Waals surface area contributed by atoms with Crippen molar-refractivity contribution in [3.63, 3.8) is 0 Å². The topological polar surface area (TPSA) is 20.3 Å². The third kappa shape index (κ3) is 4.33. The first-order valence-corrected chi connectivity index (χ1v) is 7.89. The fourth-order valence-corrected chi connectivity index (χ4v) is 2.25. The molecule has 1 heterocycles. The molecule has 0 saturated heterocycles. The Kier molecular flexibility index (Phi) is 7.55. The second kappa shape index (κ2) is 9.19. The lowest BCUT2D eigenvalue weighted by molar-refractivity contribution is 0.0766. The van der Waals surface area contributed by atoms with Gasteiger partial charge in [0, 0.05) is 25.0 Å². The molecule has 2 nitrogen and oxygen atoms in total. The van der Waals surface area contributed by atoms with Crippen molar-refractivity contribution < 1.29 is 4.79 Å². The molecule has 0 fully saturated rings. The summed E-state index contributed by atoms with van der Waals surface area (Å²) in [6.45, 7) is 5.41. The molecule has 21 heavy (non-hydrogen) atoms. The summed E-state index contributed by atoms with van der Waals surface area (Å²) in [7, 11) is 0.